The second kappa shape index (κ2) is 3.77. The Morgan fingerprint density at radius 2 is 2.27 bits per heavy atom. The number of imidazole rings is 1. The van der Waals surface area contributed by atoms with Crippen LogP contribution in [-0.2, 0) is 18.3 Å². The van der Waals surface area contributed by atoms with E-state index in [9.17, 15) is 4.79 Å². The first-order valence-electron chi connectivity index (χ1n) is 4.69. The molecule has 0 N–H and O–H groups in total. The number of ketones is 1. The van der Waals surface area contributed by atoms with Gasteiger partial charge in [-0.2, -0.15) is 0 Å². The summed E-state index contributed by atoms with van der Waals surface area (Å²) in [5, 5.41) is 0. The van der Waals surface area contributed by atoms with Crippen molar-refractivity contribution in [1.82, 2.24) is 9.55 Å². The molecule has 0 spiro atoms. The summed E-state index contributed by atoms with van der Waals surface area (Å²) in [6.45, 7) is 1.58. The number of hydrogen-bond donors (Lipinski definition) is 0. The summed E-state index contributed by atoms with van der Waals surface area (Å²) in [5.41, 5.74) is 1.96. The maximum Gasteiger partial charge on any atom is 0.137 e. The third-order valence-corrected chi connectivity index (χ3v) is 3.00. The molecule has 1 aromatic heterocycles. The van der Waals surface area contributed by atoms with E-state index in [1.165, 1.54) is 0 Å². The van der Waals surface area contributed by atoms with Crippen LogP contribution in [0.1, 0.15) is 12.7 Å². The van der Waals surface area contributed by atoms with Gasteiger partial charge in [0.25, 0.3) is 0 Å². The van der Waals surface area contributed by atoms with Crippen LogP contribution in [-0.4, -0.2) is 15.3 Å². The summed E-state index contributed by atoms with van der Waals surface area (Å²) in [6.07, 6.45) is 0.387. The van der Waals surface area contributed by atoms with Gasteiger partial charge in [0.2, 0.25) is 0 Å². The number of fused-ring (bicyclic) bond motifs is 1. The molecule has 0 amide bonds. The maximum atomic E-state index is 11.1. The van der Waals surface area contributed by atoms with Gasteiger partial charge in [0.15, 0.2) is 0 Å². The van der Waals surface area contributed by atoms with Gasteiger partial charge in [-0.05, 0) is 35.0 Å². The quantitative estimate of drug-likeness (QED) is 0.837. The zero-order chi connectivity index (χ0) is 11.0. The largest absolute Gasteiger partial charge is 0.331 e. The molecule has 1 heterocycles. The Kier molecular flexibility index (Phi) is 2.61. The summed E-state index contributed by atoms with van der Waals surface area (Å²) in [5.74, 6) is 0.939. The number of benzene rings is 1. The summed E-state index contributed by atoms with van der Waals surface area (Å²) in [6, 6.07) is 5.91. The highest BCUT2D eigenvalue weighted by molar-refractivity contribution is 9.10. The minimum Gasteiger partial charge on any atom is -0.331 e. The first kappa shape index (κ1) is 10.4. The highest BCUT2D eigenvalue weighted by Gasteiger charge is 2.10. The minimum atomic E-state index is 0.129. The molecular formula is C11H11BrN2O. The lowest BCUT2D eigenvalue weighted by atomic mass is 10.3. The van der Waals surface area contributed by atoms with Gasteiger partial charge in [0.1, 0.15) is 17.1 Å². The predicted molar refractivity (Wildman–Crippen MR) is 62.8 cm³/mol. The molecule has 0 radical (unpaired) electrons. The number of hydrogen-bond acceptors (Lipinski definition) is 2. The van der Waals surface area contributed by atoms with Crippen LogP contribution in [0.3, 0.4) is 0 Å². The third kappa shape index (κ3) is 1.81. The van der Waals surface area contributed by atoms with E-state index in [1.54, 1.807) is 6.92 Å². The normalized spacial score (nSPS) is 10.9. The fourth-order valence-electron chi connectivity index (χ4n) is 1.61. The molecule has 1 aromatic carbocycles. The molecule has 2 rings (SSSR count). The van der Waals surface area contributed by atoms with Gasteiger partial charge in [-0.15, -0.1) is 0 Å². The van der Waals surface area contributed by atoms with Crippen LogP contribution >= 0.6 is 15.9 Å². The van der Waals surface area contributed by atoms with Gasteiger partial charge >= 0.3 is 0 Å². The molecule has 3 nitrogen and oxygen atoms in total. The van der Waals surface area contributed by atoms with Crippen molar-refractivity contribution in [2.45, 2.75) is 13.3 Å². The van der Waals surface area contributed by atoms with E-state index >= 15 is 0 Å². The second-order valence-electron chi connectivity index (χ2n) is 3.57. The first-order chi connectivity index (χ1) is 7.09. The van der Waals surface area contributed by atoms with E-state index in [1.807, 2.05) is 29.8 Å². The number of para-hydroxylation sites is 1. The van der Waals surface area contributed by atoms with E-state index in [0.29, 0.717) is 6.42 Å². The SMILES string of the molecule is CC(=O)Cc1nc2c(Br)cccc2n1C. The van der Waals surface area contributed by atoms with E-state index in [4.69, 9.17) is 0 Å². The maximum absolute atomic E-state index is 11.1. The van der Waals surface area contributed by atoms with Gasteiger partial charge in [0, 0.05) is 11.5 Å². The second-order valence-corrected chi connectivity index (χ2v) is 4.43. The van der Waals surface area contributed by atoms with E-state index in [0.717, 1.165) is 21.3 Å². The van der Waals surface area contributed by atoms with Crippen LogP contribution in [0.4, 0.5) is 0 Å². The number of rotatable bonds is 2. The fraction of sp³-hybridized carbons (Fsp3) is 0.273. The molecule has 0 atom stereocenters. The Morgan fingerprint density at radius 1 is 1.53 bits per heavy atom. The number of carbonyl (C=O) groups is 1. The molecule has 78 valence electrons. The van der Waals surface area contributed by atoms with Gasteiger partial charge in [0.05, 0.1) is 11.9 Å². The van der Waals surface area contributed by atoms with Crippen molar-refractivity contribution in [2.24, 2.45) is 7.05 Å². The van der Waals surface area contributed by atoms with Crippen LogP contribution in [0.25, 0.3) is 11.0 Å². The molecule has 2 aromatic rings. The summed E-state index contributed by atoms with van der Waals surface area (Å²) >= 11 is 3.45. The number of Topliss-reactive ketones (excluding diaryl/α,β-unsaturated/α-hetero) is 1. The van der Waals surface area contributed by atoms with Crippen LogP contribution in [0, 0.1) is 0 Å². The molecule has 0 aliphatic rings. The van der Waals surface area contributed by atoms with E-state index in [-0.39, 0.29) is 5.78 Å². The first-order valence-corrected chi connectivity index (χ1v) is 5.48. The predicted octanol–water partition coefficient (Wildman–Crippen LogP) is 2.47. The van der Waals surface area contributed by atoms with Crippen LogP contribution in [0.15, 0.2) is 22.7 Å². The van der Waals surface area contributed by atoms with Crippen molar-refractivity contribution in [3.05, 3.63) is 28.5 Å². The van der Waals surface area contributed by atoms with Crippen LogP contribution in [0.2, 0.25) is 0 Å². The van der Waals surface area contributed by atoms with Crippen molar-refractivity contribution in [1.29, 1.82) is 0 Å². The lowest BCUT2D eigenvalue weighted by molar-refractivity contribution is -0.116. The minimum absolute atomic E-state index is 0.129. The molecule has 0 unspecified atom stereocenters. The highest BCUT2D eigenvalue weighted by Crippen LogP contribution is 2.23. The number of halogens is 1. The van der Waals surface area contributed by atoms with E-state index < -0.39 is 0 Å². The Labute approximate surface area is 96.2 Å². The zero-order valence-electron chi connectivity index (χ0n) is 8.62. The number of aryl methyl sites for hydroxylation is 1. The lowest BCUT2D eigenvalue weighted by Gasteiger charge is -1.98. The number of nitrogens with zero attached hydrogens (tertiary/aromatic N) is 2. The smallest absolute Gasteiger partial charge is 0.137 e. The van der Waals surface area contributed by atoms with Crippen molar-refractivity contribution < 1.29 is 4.79 Å². The molecule has 0 aliphatic heterocycles. The van der Waals surface area contributed by atoms with Crippen molar-refractivity contribution >= 4 is 32.7 Å². The van der Waals surface area contributed by atoms with Crippen LogP contribution in [0.5, 0.6) is 0 Å². The summed E-state index contributed by atoms with van der Waals surface area (Å²) in [7, 11) is 1.93. The Bertz CT molecular complexity index is 531. The summed E-state index contributed by atoms with van der Waals surface area (Å²) < 4.78 is 2.92. The molecule has 15 heavy (non-hydrogen) atoms. The standard InChI is InChI=1S/C11H11BrN2O/c1-7(15)6-10-13-11-8(12)4-3-5-9(11)14(10)2/h3-5H,6H2,1-2H3. The molecule has 0 fully saturated rings. The van der Waals surface area contributed by atoms with Crippen molar-refractivity contribution in [3.8, 4) is 0 Å². The van der Waals surface area contributed by atoms with Crippen molar-refractivity contribution in [3.63, 3.8) is 0 Å². The number of carbonyl (C=O) groups excluding carboxylic acids is 1. The average molecular weight is 267 g/mol. The lowest BCUT2D eigenvalue weighted by Crippen LogP contribution is -2.03. The Balaban J connectivity index is 2.64. The van der Waals surface area contributed by atoms with Gasteiger partial charge in [-0.3, -0.25) is 4.79 Å². The molecule has 4 heteroatoms. The highest BCUT2D eigenvalue weighted by atomic mass is 79.9. The molecule has 0 saturated carbocycles. The number of aromatic nitrogens is 2. The fourth-order valence-corrected chi connectivity index (χ4v) is 2.05. The monoisotopic (exact) mass is 266 g/mol. The van der Waals surface area contributed by atoms with Gasteiger partial charge in [-0.25, -0.2) is 4.98 Å². The topological polar surface area (TPSA) is 34.9 Å². The Hall–Kier alpha value is -1.16. The molecular weight excluding hydrogens is 256 g/mol. The molecule has 0 saturated heterocycles. The molecule has 0 bridgehead atoms. The van der Waals surface area contributed by atoms with Gasteiger partial charge < -0.3 is 4.57 Å². The third-order valence-electron chi connectivity index (χ3n) is 2.36. The molecule has 0 aliphatic carbocycles. The average Bonchev–Trinajstić information content (AvgIpc) is 2.46. The zero-order valence-corrected chi connectivity index (χ0v) is 10.2. The van der Waals surface area contributed by atoms with Gasteiger partial charge in [-0.1, -0.05) is 6.07 Å². The summed E-state index contributed by atoms with van der Waals surface area (Å²) in [4.78, 5) is 15.5. The van der Waals surface area contributed by atoms with Crippen molar-refractivity contribution in [2.75, 3.05) is 0 Å². The Morgan fingerprint density at radius 3 is 2.87 bits per heavy atom. The van der Waals surface area contributed by atoms with Crippen LogP contribution < -0.4 is 0 Å². The van der Waals surface area contributed by atoms with E-state index in [2.05, 4.69) is 20.9 Å².